The van der Waals surface area contributed by atoms with Gasteiger partial charge in [-0.15, -0.1) is 12.4 Å². The second-order valence-corrected chi connectivity index (χ2v) is 4.02. The molecule has 0 fully saturated rings. The summed E-state index contributed by atoms with van der Waals surface area (Å²) in [5.74, 6) is 5.42. The van der Waals surface area contributed by atoms with Crippen molar-refractivity contribution in [1.29, 1.82) is 0 Å². The van der Waals surface area contributed by atoms with Crippen molar-refractivity contribution in [3.05, 3.63) is 33.9 Å². The summed E-state index contributed by atoms with van der Waals surface area (Å²) in [6.45, 7) is 1.87. The fraction of sp³-hybridized carbons (Fsp3) is 0.100. The van der Waals surface area contributed by atoms with Crippen LogP contribution in [0.15, 0.2) is 18.2 Å². The molecule has 1 heterocycles. The Morgan fingerprint density at radius 3 is 2.50 bits per heavy atom. The maximum Gasteiger partial charge on any atom is 0.0927 e. The lowest BCUT2D eigenvalue weighted by atomic mass is 10.1. The minimum absolute atomic E-state index is 0. The molecule has 2 rings (SSSR count). The van der Waals surface area contributed by atoms with E-state index in [1.54, 1.807) is 12.1 Å². The molecule has 16 heavy (non-hydrogen) atoms. The van der Waals surface area contributed by atoms with Crippen LogP contribution in [-0.4, -0.2) is 4.98 Å². The number of fused-ring (bicyclic) bond motifs is 1. The van der Waals surface area contributed by atoms with Crippen molar-refractivity contribution < 1.29 is 0 Å². The topological polar surface area (TPSA) is 50.9 Å². The molecule has 0 saturated carbocycles. The molecule has 0 spiro atoms. The van der Waals surface area contributed by atoms with E-state index in [4.69, 9.17) is 29.0 Å². The van der Waals surface area contributed by atoms with Crippen molar-refractivity contribution in [3.8, 4) is 0 Å². The van der Waals surface area contributed by atoms with E-state index < -0.39 is 0 Å². The number of rotatable bonds is 1. The van der Waals surface area contributed by atoms with Gasteiger partial charge in [0.15, 0.2) is 0 Å². The number of nitrogens with one attached hydrogen (secondary N) is 1. The van der Waals surface area contributed by atoms with Gasteiger partial charge in [-0.05, 0) is 25.1 Å². The van der Waals surface area contributed by atoms with Crippen LogP contribution in [0.1, 0.15) is 5.69 Å². The van der Waals surface area contributed by atoms with Gasteiger partial charge in [0.2, 0.25) is 0 Å². The van der Waals surface area contributed by atoms with Crippen LogP contribution >= 0.6 is 35.6 Å². The van der Waals surface area contributed by atoms with E-state index in [0.29, 0.717) is 15.6 Å². The molecule has 86 valence electrons. The molecule has 0 aliphatic rings. The summed E-state index contributed by atoms with van der Waals surface area (Å²) >= 11 is 12.1. The number of aromatic nitrogens is 1. The summed E-state index contributed by atoms with van der Waals surface area (Å²) in [4.78, 5) is 4.33. The molecule has 0 atom stereocenters. The van der Waals surface area contributed by atoms with Crippen LogP contribution in [0.25, 0.3) is 10.9 Å². The number of pyridine rings is 1. The van der Waals surface area contributed by atoms with Gasteiger partial charge in [0.05, 0.1) is 21.2 Å². The summed E-state index contributed by atoms with van der Waals surface area (Å²) in [5.41, 5.74) is 4.82. The number of hydrogen-bond donors (Lipinski definition) is 2. The first-order valence-corrected chi connectivity index (χ1v) is 5.11. The summed E-state index contributed by atoms with van der Waals surface area (Å²) in [5, 5.41) is 1.89. The third-order valence-corrected chi connectivity index (χ3v) is 2.76. The SMILES string of the molecule is Cc1cc(NN)c2c(Cl)ccc(Cl)c2n1.Cl. The van der Waals surface area contributed by atoms with Crippen molar-refractivity contribution in [3.63, 3.8) is 0 Å². The normalized spacial score (nSPS) is 10.0. The summed E-state index contributed by atoms with van der Waals surface area (Å²) in [6.07, 6.45) is 0. The number of nitrogen functional groups attached to an aromatic ring is 1. The zero-order valence-corrected chi connectivity index (χ0v) is 10.7. The van der Waals surface area contributed by atoms with Crippen LogP contribution in [0.3, 0.4) is 0 Å². The molecule has 0 saturated heterocycles. The van der Waals surface area contributed by atoms with Crippen LogP contribution in [0.5, 0.6) is 0 Å². The van der Waals surface area contributed by atoms with Gasteiger partial charge in [0.25, 0.3) is 0 Å². The Labute approximate surface area is 109 Å². The molecule has 1 aromatic heterocycles. The quantitative estimate of drug-likeness (QED) is 0.619. The fourth-order valence-corrected chi connectivity index (χ4v) is 1.96. The van der Waals surface area contributed by atoms with Gasteiger partial charge >= 0.3 is 0 Å². The van der Waals surface area contributed by atoms with Crippen LogP contribution in [0.4, 0.5) is 5.69 Å². The maximum absolute atomic E-state index is 6.07. The van der Waals surface area contributed by atoms with Gasteiger partial charge in [0.1, 0.15) is 0 Å². The molecule has 0 aliphatic heterocycles. The molecule has 0 amide bonds. The second-order valence-electron chi connectivity index (χ2n) is 3.21. The zero-order valence-electron chi connectivity index (χ0n) is 8.42. The summed E-state index contributed by atoms with van der Waals surface area (Å²) < 4.78 is 0. The maximum atomic E-state index is 6.07. The predicted molar refractivity (Wildman–Crippen MR) is 71.6 cm³/mol. The third-order valence-electron chi connectivity index (χ3n) is 2.14. The molecule has 0 bridgehead atoms. The first kappa shape index (κ1) is 13.3. The van der Waals surface area contributed by atoms with E-state index in [0.717, 1.165) is 16.8 Å². The molecule has 3 N–H and O–H groups in total. The first-order valence-electron chi connectivity index (χ1n) is 4.35. The van der Waals surface area contributed by atoms with Crippen LogP contribution in [-0.2, 0) is 0 Å². The van der Waals surface area contributed by atoms with Crippen molar-refractivity contribution in [1.82, 2.24) is 4.98 Å². The summed E-state index contributed by atoms with van der Waals surface area (Å²) in [7, 11) is 0. The van der Waals surface area contributed by atoms with E-state index >= 15 is 0 Å². The smallest absolute Gasteiger partial charge is 0.0927 e. The molecular weight excluding hydrogens is 268 g/mol. The van der Waals surface area contributed by atoms with Gasteiger partial charge in [-0.2, -0.15) is 0 Å². The molecule has 0 aliphatic carbocycles. The fourth-order valence-electron chi connectivity index (χ4n) is 1.51. The number of hydrogen-bond acceptors (Lipinski definition) is 3. The Hall–Kier alpha value is -0.740. The number of aryl methyl sites for hydroxylation is 1. The van der Waals surface area contributed by atoms with E-state index in [9.17, 15) is 0 Å². The Kier molecular flexibility index (Phi) is 4.21. The predicted octanol–water partition coefficient (Wildman–Crippen LogP) is 3.56. The van der Waals surface area contributed by atoms with Gasteiger partial charge in [-0.1, -0.05) is 23.2 Å². The highest BCUT2D eigenvalue weighted by Gasteiger charge is 2.09. The molecular formula is C10H10Cl3N3. The lowest BCUT2D eigenvalue weighted by Crippen LogP contribution is -2.08. The molecule has 0 unspecified atom stereocenters. The number of halogens is 3. The Morgan fingerprint density at radius 2 is 1.88 bits per heavy atom. The largest absolute Gasteiger partial charge is 0.323 e. The number of hydrazine groups is 1. The van der Waals surface area contributed by atoms with E-state index in [2.05, 4.69) is 10.4 Å². The lowest BCUT2D eigenvalue weighted by molar-refractivity contribution is 1.24. The second kappa shape index (κ2) is 5.06. The number of nitrogens with two attached hydrogens (primary N) is 1. The summed E-state index contributed by atoms with van der Waals surface area (Å²) in [6, 6.07) is 5.27. The van der Waals surface area contributed by atoms with Gasteiger partial charge < -0.3 is 5.43 Å². The van der Waals surface area contributed by atoms with E-state index in [1.165, 1.54) is 0 Å². The van der Waals surface area contributed by atoms with E-state index in [-0.39, 0.29) is 12.4 Å². The van der Waals surface area contributed by atoms with Crippen molar-refractivity contribution in [2.45, 2.75) is 6.92 Å². The highest BCUT2D eigenvalue weighted by molar-refractivity contribution is 6.40. The van der Waals surface area contributed by atoms with Crippen LogP contribution in [0.2, 0.25) is 10.0 Å². The Bertz CT molecular complexity index is 528. The molecule has 6 heteroatoms. The molecule has 1 aromatic carbocycles. The monoisotopic (exact) mass is 277 g/mol. The lowest BCUT2D eigenvalue weighted by Gasteiger charge is -2.09. The van der Waals surface area contributed by atoms with Crippen molar-refractivity contribution in [2.24, 2.45) is 5.84 Å². The van der Waals surface area contributed by atoms with Crippen LogP contribution < -0.4 is 11.3 Å². The first-order chi connectivity index (χ1) is 7.13. The Balaban J connectivity index is 0.00000128. The highest BCUT2D eigenvalue weighted by atomic mass is 35.5. The molecule has 3 nitrogen and oxygen atoms in total. The van der Waals surface area contributed by atoms with Gasteiger partial charge in [0, 0.05) is 11.1 Å². The Morgan fingerprint density at radius 1 is 1.25 bits per heavy atom. The van der Waals surface area contributed by atoms with Gasteiger partial charge in [-0.25, -0.2) is 0 Å². The minimum Gasteiger partial charge on any atom is -0.323 e. The average molecular weight is 279 g/mol. The minimum atomic E-state index is 0. The third kappa shape index (κ3) is 2.18. The number of nitrogens with zero attached hydrogens (tertiary/aromatic N) is 1. The standard InChI is InChI=1S/C10H9Cl2N3.ClH/c1-5-4-8(15-13)9-6(11)2-3-7(12)10(9)14-5;/h2-4H,13H2,1H3,(H,14,15);1H. The van der Waals surface area contributed by atoms with E-state index in [1.807, 2.05) is 13.0 Å². The molecule has 0 radical (unpaired) electrons. The number of anilines is 1. The average Bonchev–Trinajstić information content (AvgIpc) is 2.22. The van der Waals surface area contributed by atoms with Crippen molar-refractivity contribution >= 4 is 52.2 Å². The number of benzene rings is 1. The van der Waals surface area contributed by atoms with Gasteiger partial charge in [-0.3, -0.25) is 10.8 Å². The highest BCUT2D eigenvalue weighted by Crippen LogP contribution is 2.33. The van der Waals surface area contributed by atoms with Crippen molar-refractivity contribution in [2.75, 3.05) is 5.43 Å². The van der Waals surface area contributed by atoms with Crippen LogP contribution in [0, 0.1) is 6.92 Å². The zero-order chi connectivity index (χ0) is 11.0. The molecule has 2 aromatic rings.